The van der Waals surface area contributed by atoms with Gasteiger partial charge in [0.1, 0.15) is 17.3 Å². The highest BCUT2D eigenvalue weighted by Crippen LogP contribution is 2.40. The number of carbonyl (C=O) groups excluding carboxylic acids is 3. The van der Waals surface area contributed by atoms with Crippen molar-refractivity contribution in [3.8, 4) is 11.5 Å². The molecule has 0 aliphatic carbocycles. The minimum Gasteiger partial charge on any atom is -0.507 e. The zero-order valence-electron chi connectivity index (χ0n) is 22.3. The largest absolute Gasteiger partial charge is 0.507 e. The Morgan fingerprint density at radius 3 is 2.28 bits per heavy atom. The Morgan fingerprint density at radius 1 is 1.03 bits per heavy atom. The maximum atomic E-state index is 13.3. The summed E-state index contributed by atoms with van der Waals surface area (Å²) in [5.74, 6) is -1.19. The first-order valence-electron chi connectivity index (χ1n) is 13.1. The number of rotatable bonds is 11. The number of amides is 2. The number of primary amides is 1. The molecule has 2 aromatic rings. The number of benzene rings is 2. The van der Waals surface area contributed by atoms with E-state index in [4.69, 9.17) is 19.9 Å². The molecule has 2 amide bonds. The summed E-state index contributed by atoms with van der Waals surface area (Å²) in [5.41, 5.74) is 6.22. The molecule has 0 spiro atoms. The lowest BCUT2D eigenvalue weighted by molar-refractivity contribution is -0.140. The number of ketones is 1. The quantitative estimate of drug-likeness (QED) is 0.254. The number of ether oxygens (including phenoxy) is 3. The Labute approximate surface area is 227 Å². The van der Waals surface area contributed by atoms with Crippen molar-refractivity contribution in [2.45, 2.75) is 32.4 Å². The van der Waals surface area contributed by atoms with Gasteiger partial charge in [0.25, 0.3) is 17.6 Å². The predicted octanol–water partition coefficient (Wildman–Crippen LogP) is 2.48. The number of nitrogens with zero attached hydrogens (tertiary/aromatic N) is 2. The average molecular weight is 538 g/mol. The van der Waals surface area contributed by atoms with Crippen LogP contribution in [0, 0.1) is 0 Å². The fraction of sp³-hybridized carbons (Fsp3) is 0.414. The lowest BCUT2D eigenvalue weighted by Gasteiger charge is -2.29. The summed E-state index contributed by atoms with van der Waals surface area (Å²) in [7, 11) is 0. The van der Waals surface area contributed by atoms with Crippen LogP contribution in [-0.4, -0.2) is 84.6 Å². The SMILES string of the molecule is CC(C)Oc1ccc(/C(O)=C2\C(=O)C(=O)N(CCCN3CCOCC3)C2c2ccc(OCC(N)=O)cc2)cc1. The van der Waals surface area contributed by atoms with Gasteiger partial charge in [-0.1, -0.05) is 12.1 Å². The van der Waals surface area contributed by atoms with E-state index in [1.54, 1.807) is 48.5 Å². The number of hydrogen-bond acceptors (Lipinski definition) is 8. The summed E-state index contributed by atoms with van der Waals surface area (Å²) in [6.07, 6.45) is 0.645. The van der Waals surface area contributed by atoms with Crippen LogP contribution in [0.15, 0.2) is 54.1 Å². The Bertz CT molecular complexity index is 1200. The molecule has 0 radical (unpaired) electrons. The molecule has 0 aromatic heterocycles. The Kier molecular flexibility index (Phi) is 9.21. The van der Waals surface area contributed by atoms with Crippen molar-refractivity contribution >= 4 is 23.4 Å². The Hall–Kier alpha value is -3.89. The Balaban J connectivity index is 1.64. The fourth-order valence-electron chi connectivity index (χ4n) is 4.77. The van der Waals surface area contributed by atoms with Crippen molar-refractivity contribution in [3.63, 3.8) is 0 Å². The van der Waals surface area contributed by atoms with Crippen LogP contribution >= 0.6 is 0 Å². The summed E-state index contributed by atoms with van der Waals surface area (Å²) in [6.45, 7) is 7.66. The van der Waals surface area contributed by atoms with E-state index in [0.717, 1.165) is 19.6 Å². The highest BCUT2D eigenvalue weighted by Gasteiger charge is 2.45. The van der Waals surface area contributed by atoms with E-state index in [2.05, 4.69) is 4.90 Å². The number of aliphatic hydroxyl groups excluding tert-OH is 1. The van der Waals surface area contributed by atoms with Crippen molar-refractivity contribution in [2.24, 2.45) is 5.73 Å². The minimum atomic E-state index is -0.786. The minimum absolute atomic E-state index is 0.0119. The maximum Gasteiger partial charge on any atom is 0.295 e. The molecule has 1 unspecified atom stereocenters. The van der Waals surface area contributed by atoms with E-state index in [9.17, 15) is 19.5 Å². The van der Waals surface area contributed by atoms with E-state index in [1.807, 2.05) is 13.8 Å². The van der Waals surface area contributed by atoms with Crippen LogP contribution in [0.25, 0.3) is 5.76 Å². The number of carbonyl (C=O) groups is 3. The van der Waals surface area contributed by atoms with Crippen LogP contribution in [-0.2, 0) is 19.1 Å². The van der Waals surface area contributed by atoms with Gasteiger partial charge in [-0.3, -0.25) is 19.3 Å². The second kappa shape index (κ2) is 12.8. The van der Waals surface area contributed by atoms with Crippen LogP contribution < -0.4 is 15.2 Å². The van der Waals surface area contributed by atoms with Crippen LogP contribution in [0.5, 0.6) is 11.5 Å². The molecule has 10 heteroatoms. The molecule has 3 N–H and O–H groups in total. The van der Waals surface area contributed by atoms with Crippen molar-refractivity contribution in [1.82, 2.24) is 9.80 Å². The summed E-state index contributed by atoms with van der Waals surface area (Å²) in [4.78, 5) is 41.4. The van der Waals surface area contributed by atoms with Gasteiger partial charge < -0.3 is 30.0 Å². The smallest absolute Gasteiger partial charge is 0.295 e. The number of morpholine rings is 1. The fourth-order valence-corrected chi connectivity index (χ4v) is 4.77. The molecule has 208 valence electrons. The van der Waals surface area contributed by atoms with Crippen LogP contribution in [0.4, 0.5) is 0 Å². The number of nitrogens with two attached hydrogens (primary N) is 1. The molecule has 2 saturated heterocycles. The van der Waals surface area contributed by atoms with Gasteiger partial charge in [-0.25, -0.2) is 0 Å². The summed E-state index contributed by atoms with van der Waals surface area (Å²) in [5, 5.41) is 11.3. The third kappa shape index (κ3) is 6.96. The lowest BCUT2D eigenvalue weighted by atomic mass is 9.95. The molecule has 2 fully saturated rings. The van der Waals surface area contributed by atoms with Crippen LogP contribution in [0.2, 0.25) is 0 Å². The maximum absolute atomic E-state index is 13.3. The molecular formula is C29H35N3O7. The molecule has 4 rings (SSSR count). The molecule has 0 bridgehead atoms. The summed E-state index contributed by atoms with van der Waals surface area (Å²) < 4.78 is 16.4. The number of hydrogen-bond donors (Lipinski definition) is 2. The van der Waals surface area contributed by atoms with Gasteiger partial charge in [-0.15, -0.1) is 0 Å². The number of likely N-dealkylation sites (tertiary alicyclic amines) is 1. The standard InChI is InChI=1S/C29H35N3O7/c1-19(2)39-23-10-6-21(7-11-23)27(34)25-26(20-4-8-22(9-5-20)38-18-24(30)33)32(29(36)28(25)35)13-3-12-31-14-16-37-17-15-31/h4-11,19,26,34H,3,12-18H2,1-2H3,(H2,30,33)/b27-25+. The lowest BCUT2D eigenvalue weighted by Crippen LogP contribution is -2.38. The van der Waals surface area contributed by atoms with Crippen molar-refractivity contribution < 1.29 is 33.7 Å². The molecule has 2 aromatic carbocycles. The zero-order valence-corrected chi connectivity index (χ0v) is 22.3. The van der Waals surface area contributed by atoms with E-state index >= 15 is 0 Å². The topological polar surface area (TPSA) is 132 Å². The highest BCUT2D eigenvalue weighted by molar-refractivity contribution is 6.46. The molecular weight excluding hydrogens is 502 g/mol. The first-order valence-corrected chi connectivity index (χ1v) is 13.1. The molecule has 2 heterocycles. The van der Waals surface area contributed by atoms with Gasteiger partial charge in [0.05, 0.1) is 30.9 Å². The van der Waals surface area contributed by atoms with Crippen LogP contribution in [0.3, 0.4) is 0 Å². The molecule has 0 saturated carbocycles. The van der Waals surface area contributed by atoms with E-state index < -0.39 is 23.6 Å². The highest BCUT2D eigenvalue weighted by atomic mass is 16.5. The molecule has 10 nitrogen and oxygen atoms in total. The monoisotopic (exact) mass is 537 g/mol. The summed E-state index contributed by atoms with van der Waals surface area (Å²) >= 11 is 0. The Morgan fingerprint density at radius 2 is 1.67 bits per heavy atom. The third-order valence-electron chi connectivity index (χ3n) is 6.59. The normalized spacial score (nSPS) is 19.5. The van der Waals surface area contributed by atoms with Crippen molar-refractivity contribution in [3.05, 3.63) is 65.2 Å². The summed E-state index contributed by atoms with van der Waals surface area (Å²) in [6, 6.07) is 12.7. The van der Waals surface area contributed by atoms with Gasteiger partial charge >= 0.3 is 0 Å². The first kappa shape index (κ1) is 28.1. The van der Waals surface area contributed by atoms with Crippen LogP contribution in [0.1, 0.15) is 37.4 Å². The van der Waals surface area contributed by atoms with Crippen molar-refractivity contribution in [1.29, 1.82) is 0 Å². The predicted molar refractivity (Wildman–Crippen MR) is 144 cm³/mol. The van der Waals surface area contributed by atoms with Gasteiger partial charge in [0.15, 0.2) is 6.61 Å². The molecule has 39 heavy (non-hydrogen) atoms. The van der Waals surface area contributed by atoms with Gasteiger partial charge in [0.2, 0.25) is 0 Å². The zero-order chi connectivity index (χ0) is 27.9. The second-order valence-electron chi connectivity index (χ2n) is 9.82. The molecule has 2 aliphatic heterocycles. The van der Waals surface area contributed by atoms with Gasteiger partial charge in [-0.2, -0.15) is 0 Å². The molecule has 2 aliphatic rings. The second-order valence-corrected chi connectivity index (χ2v) is 9.82. The molecule has 1 atom stereocenters. The van der Waals surface area contributed by atoms with E-state index in [-0.39, 0.29) is 24.0 Å². The first-order chi connectivity index (χ1) is 18.7. The average Bonchev–Trinajstić information content (AvgIpc) is 3.17. The number of Topliss-reactive ketones (excluding diaryl/α,β-unsaturated/α-hetero) is 1. The van der Waals surface area contributed by atoms with Gasteiger partial charge in [0, 0.05) is 31.7 Å². The van der Waals surface area contributed by atoms with E-state index in [1.165, 1.54) is 4.90 Å². The van der Waals surface area contributed by atoms with E-state index in [0.29, 0.717) is 48.8 Å². The number of aliphatic hydroxyl groups is 1. The van der Waals surface area contributed by atoms with Crippen molar-refractivity contribution in [2.75, 3.05) is 46.0 Å². The van der Waals surface area contributed by atoms with Gasteiger partial charge in [-0.05, 0) is 62.2 Å². The third-order valence-corrected chi connectivity index (χ3v) is 6.59.